The van der Waals surface area contributed by atoms with Gasteiger partial charge >= 0.3 is 0 Å². The minimum Gasteiger partial charge on any atom is -0.295 e. The summed E-state index contributed by atoms with van der Waals surface area (Å²) in [6, 6.07) is 8.06. The van der Waals surface area contributed by atoms with E-state index in [4.69, 9.17) is 0 Å². The van der Waals surface area contributed by atoms with Crippen LogP contribution in [0.3, 0.4) is 0 Å². The molecule has 4 rings (SSSR count). The molecule has 0 aliphatic heterocycles. The van der Waals surface area contributed by atoms with E-state index in [9.17, 15) is 0 Å². The number of imidazole rings is 1. The zero-order valence-corrected chi connectivity index (χ0v) is 11.4. The summed E-state index contributed by atoms with van der Waals surface area (Å²) in [5.74, 6) is 0. The van der Waals surface area contributed by atoms with Crippen molar-refractivity contribution >= 4 is 38.8 Å². The van der Waals surface area contributed by atoms with Crippen molar-refractivity contribution in [1.29, 1.82) is 0 Å². The molecule has 0 aliphatic carbocycles. The van der Waals surface area contributed by atoms with Crippen molar-refractivity contribution in [3.63, 3.8) is 0 Å². The minimum atomic E-state index is 0.920. The molecule has 0 bridgehead atoms. The Kier molecular flexibility index (Phi) is 2.49. The van der Waals surface area contributed by atoms with Crippen LogP contribution in [0.4, 0.5) is 0 Å². The molecule has 0 atom stereocenters. The largest absolute Gasteiger partial charge is 0.295 e. The molecule has 0 aromatic carbocycles. The lowest BCUT2D eigenvalue weighted by Crippen LogP contribution is -1.88. The number of rotatable bonds is 2. The lowest BCUT2D eigenvalue weighted by atomic mass is 10.4. The first kappa shape index (κ1) is 11.0. The van der Waals surface area contributed by atoms with Crippen LogP contribution in [-0.4, -0.2) is 19.4 Å². The van der Waals surface area contributed by atoms with E-state index in [2.05, 4.69) is 19.4 Å². The van der Waals surface area contributed by atoms with E-state index in [1.165, 1.54) is 0 Å². The third-order valence-electron chi connectivity index (χ3n) is 2.80. The molecule has 4 heterocycles. The highest BCUT2D eigenvalue weighted by Gasteiger charge is 2.10. The molecule has 92 valence electrons. The van der Waals surface area contributed by atoms with Crippen LogP contribution in [0, 0.1) is 0 Å². The zero-order valence-electron chi connectivity index (χ0n) is 9.72. The second-order valence-electron chi connectivity index (χ2n) is 3.95. The zero-order chi connectivity index (χ0) is 12.7. The summed E-state index contributed by atoms with van der Waals surface area (Å²) in [6.45, 7) is 0. The Bertz CT molecular complexity index is 865. The predicted molar refractivity (Wildman–Crippen MR) is 76.7 cm³/mol. The maximum atomic E-state index is 4.45. The first-order valence-electron chi connectivity index (χ1n) is 5.70. The molecule has 0 saturated carbocycles. The molecular weight excluding hydrogens is 276 g/mol. The molecule has 4 aromatic rings. The normalized spacial score (nSPS) is 11.4. The van der Waals surface area contributed by atoms with Gasteiger partial charge in [-0.3, -0.25) is 4.40 Å². The number of pyridine rings is 1. The Hall–Kier alpha value is -1.92. The lowest BCUT2D eigenvalue weighted by Gasteiger charge is -2.01. The average Bonchev–Trinajstić information content (AvgIpc) is 3.06. The van der Waals surface area contributed by atoms with Crippen molar-refractivity contribution in [2.24, 2.45) is 0 Å². The van der Waals surface area contributed by atoms with Crippen LogP contribution in [0.2, 0.25) is 0 Å². The molecule has 0 saturated heterocycles. The van der Waals surface area contributed by atoms with E-state index < -0.39 is 0 Å². The Morgan fingerprint density at radius 3 is 3.11 bits per heavy atom. The third kappa shape index (κ3) is 1.80. The molecular formula is C13H8N4S2. The van der Waals surface area contributed by atoms with Gasteiger partial charge in [0.2, 0.25) is 0 Å². The summed E-state index contributed by atoms with van der Waals surface area (Å²) in [5.41, 5.74) is 2.07. The van der Waals surface area contributed by atoms with Gasteiger partial charge in [-0.15, -0.1) is 11.3 Å². The van der Waals surface area contributed by atoms with Crippen molar-refractivity contribution in [2.75, 3.05) is 0 Å². The van der Waals surface area contributed by atoms with Crippen LogP contribution >= 0.6 is 23.1 Å². The van der Waals surface area contributed by atoms with Crippen LogP contribution < -0.4 is 0 Å². The van der Waals surface area contributed by atoms with E-state index in [0.717, 1.165) is 25.9 Å². The predicted octanol–water partition coefficient (Wildman–Crippen LogP) is 3.49. The molecule has 4 nitrogen and oxygen atoms in total. The van der Waals surface area contributed by atoms with Gasteiger partial charge in [-0.1, -0.05) is 6.07 Å². The third-order valence-corrected chi connectivity index (χ3v) is 4.83. The first-order valence-corrected chi connectivity index (χ1v) is 7.39. The molecule has 4 aromatic heterocycles. The van der Waals surface area contributed by atoms with E-state index in [1.807, 2.05) is 42.0 Å². The fourth-order valence-corrected chi connectivity index (χ4v) is 3.76. The van der Waals surface area contributed by atoms with Crippen molar-refractivity contribution in [3.05, 3.63) is 48.4 Å². The van der Waals surface area contributed by atoms with Crippen molar-refractivity contribution in [2.45, 2.75) is 10.2 Å². The van der Waals surface area contributed by atoms with Crippen LogP contribution in [0.25, 0.3) is 15.7 Å². The highest BCUT2D eigenvalue weighted by Crippen LogP contribution is 2.33. The SMILES string of the molecule is c1ccn2c(Sc3ncnc4ccsc34)ncc2c1. The van der Waals surface area contributed by atoms with Crippen LogP contribution in [0.15, 0.2) is 58.5 Å². The molecule has 0 radical (unpaired) electrons. The number of hydrogen-bond donors (Lipinski definition) is 0. The fraction of sp³-hybridized carbons (Fsp3) is 0. The van der Waals surface area contributed by atoms with Gasteiger partial charge in [0.15, 0.2) is 5.16 Å². The van der Waals surface area contributed by atoms with E-state index in [1.54, 1.807) is 29.4 Å². The van der Waals surface area contributed by atoms with Gasteiger partial charge in [-0.25, -0.2) is 15.0 Å². The van der Waals surface area contributed by atoms with Gasteiger partial charge in [0.1, 0.15) is 11.4 Å². The molecule has 6 heteroatoms. The number of fused-ring (bicyclic) bond motifs is 2. The van der Waals surface area contributed by atoms with Gasteiger partial charge in [-0.05, 0) is 35.3 Å². The van der Waals surface area contributed by atoms with Crippen LogP contribution in [0.5, 0.6) is 0 Å². The van der Waals surface area contributed by atoms with Crippen molar-refractivity contribution in [3.8, 4) is 0 Å². The van der Waals surface area contributed by atoms with E-state index in [0.29, 0.717) is 0 Å². The summed E-state index contributed by atoms with van der Waals surface area (Å²) in [4.78, 5) is 13.1. The van der Waals surface area contributed by atoms with Gasteiger partial charge in [0.05, 0.1) is 21.9 Å². The van der Waals surface area contributed by atoms with Crippen LogP contribution in [0.1, 0.15) is 0 Å². The number of thiophene rings is 1. The summed E-state index contributed by atoms with van der Waals surface area (Å²) in [5, 5.41) is 3.91. The number of hydrogen-bond acceptors (Lipinski definition) is 5. The second kappa shape index (κ2) is 4.32. The van der Waals surface area contributed by atoms with E-state index >= 15 is 0 Å². The number of nitrogens with zero attached hydrogens (tertiary/aromatic N) is 4. The molecule has 0 unspecified atom stereocenters. The second-order valence-corrected chi connectivity index (χ2v) is 5.82. The smallest absolute Gasteiger partial charge is 0.179 e. The molecule has 0 spiro atoms. The van der Waals surface area contributed by atoms with Crippen molar-refractivity contribution in [1.82, 2.24) is 19.4 Å². The van der Waals surface area contributed by atoms with Gasteiger partial charge in [0.25, 0.3) is 0 Å². The summed E-state index contributed by atoms with van der Waals surface area (Å²) < 4.78 is 3.17. The molecule has 0 aliphatic rings. The average molecular weight is 284 g/mol. The summed E-state index contributed by atoms with van der Waals surface area (Å²) >= 11 is 3.23. The van der Waals surface area contributed by atoms with Gasteiger partial charge < -0.3 is 0 Å². The maximum absolute atomic E-state index is 4.45. The molecule has 0 N–H and O–H groups in total. The van der Waals surface area contributed by atoms with E-state index in [-0.39, 0.29) is 0 Å². The maximum Gasteiger partial charge on any atom is 0.179 e. The topological polar surface area (TPSA) is 43.1 Å². The standard InChI is InChI=1S/C13H8N4S2/c1-2-5-17-9(3-1)7-14-13(17)19-12-11-10(4-6-18-11)15-8-16-12/h1-8H. The quantitative estimate of drug-likeness (QED) is 0.528. The lowest BCUT2D eigenvalue weighted by molar-refractivity contribution is 0.953. The Morgan fingerprint density at radius 2 is 2.11 bits per heavy atom. The monoisotopic (exact) mass is 284 g/mol. The first-order chi connectivity index (χ1) is 9.42. The highest BCUT2D eigenvalue weighted by molar-refractivity contribution is 7.99. The number of aromatic nitrogens is 4. The molecule has 19 heavy (non-hydrogen) atoms. The minimum absolute atomic E-state index is 0.920. The van der Waals surface area contributed by atoms with Crippen molar-refractivity contribution < 1.29 is 0 Å². The summed E-state index contributed by atoms with van der Waals surface area (Å²) in [6.07, 6.45) is 5.49. The van der Waals surface area contributed by atoms with Crippen LogP contribution in [-0.2, 0) is 0 Å². The highest BCUT2D eigenvalue weighted by atomic mass is 32.2. The Balaban J connectivity index is 1.84. The Morgan fingerprint density at radius 1 is 1.11 bits per heavy atom. The molecule has 0 fully saturated rings. The van der Waals surface area contributed by atoms with Gasteiger partial charge in [-0.2, -0.15) is 0 Å². The van der Waals surface area contributed by atoms with Gasteiger partial charge in [0, 0.05) is 6.20 Å². The fourth-order valence-electron chi connectivity index (χ4n) is 1.92. The molecule has 0 amide bonds. The summed E-state index contributed by atoms with van der Waals surface area (Å²) in [7, 11) is 0. The Labute approximate surface area is 117 Å².